The molecule has 0 bridgehead atoms. The Morgan fingerprint density at radius 2 is 2.10 bits per heavy atom. The fraction of sp³-hybridized carbons (Fsp3) is 0.267. The molecule has 0 aliphatic rings. The number of amides is 1. The van der Waals surface area contributed by atoms with Crippen LogP contribution in [0.15, 0.2) is 41.1 Å². The topological polar surface area (TPSA) is 47.6 Å². The monoisotopic (exact) mass is 325 g/mol. The van der Waals surface area contributed by atoms with Gasteiger partial charge < -0.3 is 14.8 Å². The van der Waals surface area contributed by atoms with Crippen LogP contribution in [0.1, 0.15) is 11.7 Å². The molecule has 6 heteroatoms. The molecular formula is C15H16ClNO3S. The lowest BCUT2D eigenvalue weighted by atomic mass is 10.2. The average Bonchev–Trinajstić information content (AvgIpc) is 3.01. The molecule has 1 heterocycles. The zero-order valence-corrected chi connectivity index (χ0v) is 13.1. The Labute approximate surface area is 132 Å². The Balaban J connectivity index is 1.75. The molecule has 1 amide bonds. The summed E-state index contributed by atoms with van der Waals surface area (Å²) in [6, 6.07) is 8.85. The third kappa shape index (κ3) is 5.04. The molecule has 0 fully saturated rings. The van der Waals surface area contributed by atoms with Gasteiger partial charge in [-0.25, -0.2) is 0 Å². The van der Waals surface area contributed by atoms with Gasteiger partial charge in [-0.3, -0.25) is 4.79 Å². The van der Waals surface area contributed by atoms with Crippen LogP contribution >= 0.6 is 22.9 Å². The van der Waals surface area contributed by atoms with Gasteiger partial charge >= 0.3 is 0 Å². The van der Waals surface area contributed by atoms with Gasteiger partial charge in [-0.1, -0.05) is 11.6 Å². The van der Waals surface area contributed by atoms with Gasteiger partial charge in [0.2, 0.25) is 0 Å². The fourth-order valence-electron chi connectivity index (χ4n) is 1.73. The van der Waals surface area contributed by atoms with Gasteiger partial charge in [0.05, 0.1) is 0 Å². The van der Waals surface area contributed by atoms with Crippen molar-refractivity contribution in [2.45, 2.75) is 6.10 Å². The third-order valence-electron chi connectivity index (χ3n) is 2.87. The molecule has 0 aliphatic heterocycles. The van der Waals surface area contributed by atoms with Crippen LogP contribution in [0, 0.1) is 0 Å². The van der Waals surface area contributed by atoms with Crippen LogP contribution in [0.3, 0.4) is 0 Å². The summed E-state index contributed by atoms with van der Waals surface area (Å²) in [6.07, 6.45) is -0.143. The molecular weight excluding hydrogens is 310 g/mol. The molecule has 1 N–H and O–H groups in total. The number of carbonyl (C=O) groups excluding carboxylic acids is 1. The van der Waals surface area contributed by atoms with Crippen molar-refractivity contribution >= 4 is 28.8 Å². The normalized spacial score (nSPS) is 11.9. The molecule has 1 atom stereocenters. The summed E-state index contributed by atoms with van der Waals surface area (Å²) in [5.74, 6) is 0.415. The number of methoxy groups -OCH3 is 1. The lowest BCUT2D eigenvalue weighted by molar-refractivity contribution is -0.123. The average molecular weight is 326 g/mol. The summed E-state index contributed by atoms with van der Waals surface area (Å²) in [6.45, 7) is 0.373. The molecule has 0 aliphatic carbocycles. The fourth-order valence-corrected chi connectivity index (χ4v) is 2.56. The van der Waals surface area contributed by atoms with E-state index in [1.165, 1.54) is 0 Å². The van der Waals surface area contributed by atoms with Gasteiger partial charge in [-0.2, -0.15) is 11.3 Å². The number of carbonyl (C=O) groups is 1. The van der Waals surface area contributed by atoms with E-state index in [0.29, 0.717) is 17.3 Å². The molecule has 0 radical (unpaired) electrons. The summed E-state index contributed by atoms with van der Waals surface area (Å²) in [4.78, 5) is 11.8. The maximum absolute atomic E-state index is 11.8. The first-order valence-electron chi connectivity index (χ1n) is 6.39. The summed E-state index contributed by atoms with van der Waals surface area (Å²) in [7, 11) is 1.62. The first-order valence-corrected chi connectivity index (χ1v) is 7.71. The molecule has 112 valence electrons. The second-order valence-corrected chi connectivity index (χ2v) is 5.54. The summed E-state index contributed by atoms with van der Waals surface area (Å²) < 4.78 is 10.7. The quantitative estimate of drug-likeness (QED) is 0.849. The highest BCUT2D eigenvalue weighted by atomic mass is 35.5. The third-order valence-corrected chi connectivity index (χ3v) is 3.82. The maximum Gasteiger partial charge on any atom is 0.258 e. The van der Waals surface area contributed by atoms with Crippen molar-refractivity contribution in [1.82, 2.24) is 5.32 Å². The van der Waals surface area contributed by atoms with Crippen LogP contribution in [-0.4, -0.2) is 26.2 Å². The number of rotatable bonds is 7. The van der Waals surface area contributed by atoms with Crippen molar-refractivity contribution in [2.75, 3.05) is 20.3 Å². The molecule has 1 unspecified atom stereocenters. The van der Waals surface area contributed by atoms with E-state index in [1.807, 2.05) is 16.8 Å². The minimum atomic E-state index is -0.192. The molecule has 0 spiro atoms. The molecule has 0 saturated carbocycles. The standard InChI is InChI=1S/C15H16ClNO3S/c1-19-14(11-6-7-21-10-11)8-17-15(18)9-20-13-4-2-12(16)3-5-13/h2-7,10,14H,8-9H2,1H3,(H,17,18). The summed E-state index contributed by atoms with van der Waals surface area (Å²) >= 11 is 7.37. The van der Waals surface area contributed by atoms with E-state index in [0.717, 1.165) is 5.56 Å². The minimum absolute atomic E-state index is 0.0400. The number of nitrogens with one attached hydrogen (secondary N) is 1. The van der Waals surface area contributed by atoms with Gasteiger partial charge in [0.25, 0.3) is 5.91 Å². The highest BCUT2D eigenvalue weighted by molar-refractivity contribution is 7.07. The molecule has 0 saturated heterocycles. The lowest BCUT2D eigenvalue weighted by Gasteiger charge is -2.15. The van der Waals surface area contributed by atoms with E-state index in [2.05, 4.69) is 5.32 Å². The minimum Gasteiger partial charge on any atom is -0.484 e. The molecule has 1 aromatic heterocycles. The number of hydrogen-bond donors (Lipinski definition) is 1. The van der Waals surface area contributed by atoms with E-state index in [1.54, 1.807) is 42.7 Å². The second kappa shape index (κ2) is 8.02. The van der Waals surface area contributed by atoms with Gasteiger partial charge in [0.15, 0.2) is 6.61 Å². The van der Waals surface area contributed by atoms with E-state index in [9.17, 15) is 4.79 Å². The first kappa shape index (κ1) is 15.8. The van der Waals surface area contributed by atoms with Crippen molar-refractivity contribution in [3.8, 4) is 5.75 Å². The number of ether oxygens (including phenoxy) is 2. The highest BCUT2D eigenvalue weighted by Crippen LogP contribution is 2.18. The van der Waals surface area contributed by atoms with E-state index < -0.39 is 0 Å². The highest BCUT2D eigenvalue weighted by Gasteiger charge is 2.12. The van der Waals surface area contributed by atoms with Gasteiger partial charge in [-0.05, 0) is 46.7 Å². The predicted molar refractivity (Wildman–Crippen MR) is 84.0 cm³/mol. The number of halogens is 1. The van der Waals surface area contributed by atoms with Crippen LogP contribution in [0.25, 0.3) is 0 Å². The first-order chi connectivity index (χ1) is 10.2. The van der Waals surface area contributed by atoms with Crippen molar-refractivity contribution in [2.24, 2.45) is 0 Å². The second-order valence-electron chi connectivity index (χ2n) is 4.33. The van der Waals surface area contributed by atoms with Gasteiger partial charge in [0, 0.05) is 18.7 Å². The number of benzene rings is 1. The van der Waals surface area contributed by atoms with E-state index in [4.69, 9.17) is 21.1 Å². The lowest BCUT2D eigenvalue weighted by Crippen LogP contribution is -2.32. The van der Waals surface area contributed by atoms with Crippen LogP contribution in [0.2, 0.25) is 5.02 Å². The molecule has 2 rings (SSSR count). The Kier molecular flexibility index (Phi) is 6.04. The molecule has 1 aromatic carbocycles. The Bertz CT molecular complexity index is 557. The van der Waals surface area contributed by atoms with Crippen LogP contribution < -0.4 is 10.1 Å². The van der Waals surface area contributed by atoms with Crippen molar-refractivity contribution in [1.29, 1.82) is 0 Å². The van der Waals surface area contributed by atoms with E-state index in [-0.39, 0.29) is 18.6 Å². The van der Waals surface area contributed by atoms with Crippen LogP contribution in [0.5, 0.6) is 5.75 Å². The van der Waals surface area contributed by atoms with Crippen LogP contribution in [0.4, 0.5) is 0 Å². The molecule has 2 aromatic rings. The van der Waals surface area contributed by atoms with Gasteiger partial charge in [0.1, 0.15) is 11.9 Å². The Morgan fingerprint density at radius 1 is 1.33 bits per heavy atom. The number of hydrogen-bond acceptors (Lipinski definition) is 4. The Hall–Kier alpha value is -1.56. The maximum atomic E-state index is 11.8. The zero-order valence-electron chi connectivity index (χ0n) is 11.5. The van der Waals surface area contributed by atoms with Crippen molar-refractivity contribution < 1.29 is 14.3 Å². The summed E-state index contributed by atoms with van der Waals surface area (Å²) in [5.41, 5.74) is 1.06. The molecule has 21 heavy (non-hydrogen) atoms. The predicted octanol–water partition coefficient (Wildman–Crippen LogP) is 3.28. The smallest absolute Gasteiger partial charge is 0.258 e. The van der Waals surface area contributed by atoms with Crippen molar-refractivity contribution in [3.63, 3.8) is 0 Å². The van der Waals surface area contributed by atoms with Gasteiger partial charge in [-0.15, -0.1) is 0 Å². The zero-order chi connectivity index (χ0) is 15.1. The Morgan fingerprint density at radius 3 is 2.71 bits per heavy atom. The van der Waals surface area contributed by atoms with E-state index >= 15 is 0 Å². The largest absolute Gasteiger partial charge is 0.484 e. The molecule has 4 nitrogen and oxygen atoms in total. The SMILES string of the molecule is COC(CNC(=O)COc1ccc(Cl)cc1)c1ccsc1. The van der Waals surface area contributed by atoms with Crippen molar-refractivity contribution in [3.05, 3.63) is 51.7 Å². The summed E-state index contributed by atoms with van der Waals surface area (Å²) in [5, 5.41) is 7.41. The number of thiophene rings is 1. The van der Waals surface area contributed by atoms with Crippen LogP contribution in [-0.2, 0) is 9.53 Å².